The Morgan fingerprint density at radius 1 is 0.667 bits per heavy atom. The van der Waals surface area contributed by atoms with E-state index in [4.69, 9.17) is 46.0 Å². The van der Waals surface area contributed by atoms with E-state index in [1.165, 1.54) is 0 Å². The second-order valence-electron chi connectivity index (χ2n) is 0.714. The molecule has 0 aliphatic carbocycles. The summed E-state index contributed by atoms with van der Waals surface area (Å²) in [5.41, 5.74) is 0. The molecule has 0 fully saturated rings. The van der Waals surface area contributed by atoms with Crippen molar-refractivity contribution in [3.05, 3.63) is 30.3 Å². The van der Waals surface area contributed by atoms with Crippen molar-refractivity contribution in [3.63, 3.8) is 0 Å². The van der Waals surface area contributed by atoms with Crippen LogP contribution in [0, 0.1) is 30.3 Å². The van der Waals surface area contributed by atoms with Crippen molar-refractivity contribution < 1.29 is 30.9 Å². The van der Waals surface area contributed by atoms with Crippen molar-refractivity contribution in [3.8, 4) is 0 Å². The Morgan fingerprint density at radius 3 is 0.667 bits per heavy atom. The first kappa shape index (κ1) is 16.3. The van der Waals surface area contributed by atoms with Gasteiger partial charge in [0.05, 0.1) is 0 Å². The average molecular weight is 189 g/mol. The molecule has 0 aromatic rings. The average Bonchev–Trinajstić information content (AvgIpc) is 1.54. The van der Waals surface area contributed by atoms with Gasteiger partial charge in [0.25, 0.3) is 15.3 Å². The van der Waals surface area contributed by atoms with E-state index in [1.807, 2.05) is 0 Å². The molecule has 0 aliphatic rings. The van der Waals surface area contributed by atoms with E-state index in [2.05, 4.69) is 0 Å². The van der Waals surface area contributed by atoms with Crippen LogP contribution in [0.2, 0.25) is 0 Å². The molecule has 0 saturated carbocycles. The molecule has 12 nitrogen and oxygen atoms in total. The highest BCUT2D eigenvalue weighted by molar-refractivity contribution is 3.84. The Bertz CT molecular complexity index is 107. The normalized spacial score (nSPS) is 6.00. The van der Waals surface area contributed by atoms with Gasteiger partial charge < -0.3 is 15.6 Å². The zero-order valence-electron chi connectivity index (χ0n) is 5.13. The molecule has 0 heterocycles. The van der Waals surface area contributed by atoms with Crippen molar-refractivity contribution in [2.24, 2.45) is 0 Å². The second kappa shape index (κ2) is 11.4. The van der Waals surface area contributed by atoms with Gasteiger partial charge in [-0.1, -0.05) is 0 Å². The Morgan fingerprint density at radius 2 is 0.667 bits per heavy atom. The highest BCUT2D eigenvalue weighted by atomic mass is 16.9. The van der Waals surface area contributed by atoms with Gasteiger partial charge in [-0.05, 0) is 0 Å². The summed E-state index contributed by atoms with van der Waals surface area (Å²) in [7, 11) is 0. The number of hydrogen-bond donors (Lipinski definition) is 3. The Kier molecular flexibility index (Phi) is 15.5. The molecule has 0 bridgehead atoms. The third-order valence-corrected chi connectivity index (χ3v) is 0. The zero-order chi connectivity index (χ0) is 10.7. The molecule has 0 amide bonds. The van der Waals surface area contributed by atoms with Gasteiger partial charge in [-0.2, -0.15) is 0 Å². The van der Waals surface area contributed by atoms with Crippen LogP contribution in [-0.4, -0.2) is 30.9 Å². The molecule has 0 unspecified atom stereocenters. The van der Waals surface area contributed by atoms with Crippen LogP contribution in [0.15, 0.2) is 0 Å². The van der Waals surface area contributed by atoms with Gasteiger partial charge in [0.1, 0.15) is 0 Å². The monoisotopic (exact) mass is 189 g/mol. The van der Waals surface area contributed by atoms with Crippen LogP contribution in [0.3, 0.4) is 0 Å². The Balaban J connectivity index is -0.000000101. The van der Waals surface area contributed by atoms with Crippen molar-refractivity contribution >= 4 is 0 Å². The van der Waals surface area contributed by atoms with Gasteiger partial charge >= 0.3 is 0 Å². The first-order valence-electron chi connectivity index (χ1n) is 1.70. The first-order chi connectivity index (χ1) is 5.20. The summed E-state index contributed by atoms with van der Waals surface area (Å²) in [6.07, 6.45) is 0. The molecule has 0 rings (SSSR count). The van der Waals surface area contributed by atoms with E-state index < -0.39 is 15.3 Å². The van der Waals surface area contributed by atoms with Gasteiger partial charge in [-0.3, -0.25) is 0 Å². The van der Waals surface area contributed by atoms with Crippen molar-refractivity contribution in [1.29, 1.82) is 0 Å². The van der Waals surface area contributed by atoms with E-state index in [0.717, 1.165) is 0 Å². The highest BCUT2D eigenvalue weighted by Crippen LogP contribution is 1.39. The molecule has 72 valence electrons. The summed E-state index contributed by atoms with van der Waals surface area (Å²) in [6, 6.07) is 0. The summed E-state index contributed by atoms with van der Waals surface area (Å²) in [6.45, 7) is 0. The third-order valence-electron chi connectivity index (χ3n) is 0. The molecule has 0 aliphatic heterocycles. The van der Waals surface area contributed by atoms with Crippen LogP contribution >= 0.6 is 0 Å². The lowest BCUT2D eigenvalue weighted by Gasteiger charge is -1.56. The molecule has 12 heteroatoms. The largest absolute Gasteiger partial charge is 0.328 e. The predicted molar refractivity (Wildman–Crippen MR) is 26.3 cm³/mol. The van der Waals surface area contributed by atoms with E-state index in [-0.39, 0.29) is 0 Å². The number of rotatable bonds is 0. The van der Waals surface area contributed by atoms with E-state index in [1.54, 1.807) is 0 Å². The maximum atomic E-state index is 8.36. The highest BCUT2D eigenvalue weighted by Gasteiger charge is 1.66. The minimum atomic E-state index is -1.50. The van der Waals surface area contributed by atoms with Gasteiger partial charge in [0.15, 0.2) is 0 Å². The van der Waals surface area contributed by atoms with Gasteiger partial charge in [-0.25, -0.2) is 0 Å². The SMILES string of the molecule is O=[N+]([O-])O.O=[N+]([O-])O.O=[N+]([O-])O. The van der Waals surface area contributed by atoms with Crippen molar-refractivity contribution in [2.45, 2.75) is 0 Å². The van der Waals surface area contributed by atoms with Crippen LogP contribution in [0.5, 0.6) is 0 Å². The van der Waals surface area contributed by atoms with Crippen LogP contribution < -0.4 is 0 Å². The minimum Gasteiger partial charge on any atom is -0.328 e. The van der Waals surface area contributed by atoms with Crippen LogP contribution in [0.25, 0.3) is 0 Å². The predicted octanol–water partition coefficient (Wildman–Crippen LogP) is -1.04. The maximum Gasteiger partial charge on any atom is 0.291 e. The van der Waals surface area contributed by atoms with E-state index in [0.29, 0.717) is 0 Å². The molecule has 3 N–H and O–H groups in total. The lowest BCUT2D eigenvalue weighted by Crippen LogP contribution is -1.81. The number of nitrogens with zero attached hydrogens (tertiary/aromatic N) is 3. The van der Waals surface area contributed by atoms with E-state index in [9.17, 15) is 0 Å². The summed E-state index contributed by atoms with van der Waals surface area (Å²) in [4.78, 5) is 25.1. The molecule has 0 spiro atoms. The number of hydrogen-bond acceptors (Lipinski definition) is 6. The molecule has 0 aromatic carbocycles. The Labute approximate surface area is 62.6 Å². The van der Waals surface area contributed by atoms with Gasteiger partial charge in [0, 0.05) is 0 Å². The second-order valence-corrected chi connectivity index (χ2v) is 0.714. The molecule has 0 radical (unpaired) electrons. The van der Waals surface area contributed by atoms with Crippen molar-refractivity contribution in [1.82, 2.24) is 0 Å². The van der Waals surface area contributed by atoms with Gasteiger partial charge in [0.2, 0.25) is 0 Å². The summed E-state index contributed by atoms with van der Waals surface area (Å²) in [5.74, 6) is 0. The topological polar surface area (TPSA) is 190 Å². The van der Waals surface area contributed by atoms with Crippen LogP contribution in [0.1, 0.15) is 0 Å². The molecular formula is H3N3O9. The van der Waals surface area contributed by atoms with Crippen LogP contribution in [-0.2, 0) is 0 Å². The summed E-state index contributed by atoms with van der Waals surface area (Å²) < 4.78 is 0. The molecule has 0 aromatic heterocycles. The van der Waals surface area contributed by atoms with Crippen molar-refractivity contribution in [2.75, 3.05) is 0 Å². The van der Waals surface area contributed by atoms with E-state index >= 15 is 0 Å². The molecule has 0 atom stereocenters. The quantitative estimate of drug-likeness (QED) is 0.315. The maximum absolute atomic E-state index is 8.36. The fourth-order valence-electron chi connectivity index (χ4n) is 0. The van der Waals surface area contributed by atoms with Crippen LogP contribution in [0.4, 0.5) is 0 Å². The zero-order valence-corrected chi connectivity index (χ0v) is 5.13. The Hall–Kier alpha value is -2.40. The fraction of sp³-hybridized carbons (Fsp3) is 0. The molecule has 12 heavy (non-hydrogen) atoms. The summed E-state index contributed by atoms with van der Waals surface area (Å²) in [5, 5.41) is 40.9. The standard InChI is InChI=1S/3HNO3/c3*2-1(3)4/h3*(H,2,3,4). The third kappa shape index (κ3) is 57.5. The summed E-state index contributed by atoms with van der Waals surface area (Å²) >= 11 is 0. The molecular weight excluding hydrogens is 186 g/mol. The lowest BCUT2D eigenvalue weighted by molar-refractivity contribution is -0.742. The smallest absolute Gasteiger partial charge is 0.291 e. The molecule has 0 saturated heterocycles. The fourth-order valence-corrected chi connectivity index (χ4v) is 0. The minimum absolute atomic E-state index is 1.50. The van der Waals surface area contributed by atoms with Gasteiger partial charge in [-0.15, -0.1) is 30.3 Å². The lowest BCUT2D eigenvalue weighted by atomic mass is 13.1. The first-order valence-corrected chi connectivity index (χ1v) is 1.70.